The van der Waals surface area contributed by atoms with Crippen LogP contribution in [0.4, 0.5) is 0 Å². The second-order valence-electron chi connectivity index (χ2n) is 9.78. The Morgan fingerprint density at radius 3 is 1.09 bits per heavy atom. The summed E-state index contributed by atoms with van der Waals surface area (Å²) in [6, 6.07) is 21.4. The SMILES string of the molecule is COc1ccc(-c2nnc(-c3nc(-c4nnc(-c5ccc(C)cc5)nn4)nc(-c4nnc(-c5ccc(C=O)cc5)nn4)n3)nn2)cc1. The smallest absolute Gasteiger partial charge is 0.240 e. The molecule has 17 nitrogen and oxygen atoms in total. The number of methoxy groups -OCH3 is 1. The minimum Gasteiger partial charge on any atom is -0.497 e. The maximum Gasteiger partial charge on any atom is 0.240 e. The van der Waals surface area contributed by atoms with Gasteiger partial charge in [-0.1, -0.05) is 54.1 Å². The lowest BCUT2D eigenvalue weighted by molar-refractivity contribution is 0.112. The summed E-state index contributed by atoms with van der Waals surface area (Å²) in [5.74, 6) is 1.41. The van der Waals surface area contributed by atoms with E-state index in [4.69, 9.17) is 4.74 Å². The molecule has 0 aliphatic rings. The highest BCUT2D eigenvalue weighted by molar-refractivity contribution is 5.76. The van der Waals surface area contributed by atoms with Crippen LogP contribution in [0.5, 0.6) is 5.75 Å². The number of aromatic nitrogens is 15. The normalized spacial score (nSPS) is 10.9. The molecular formula is C30H19N15O2. The highest BCUT2D eigenvalue weighted by Crippen LogP contribution is 2.22. The maximum atomic E-state index is 11.0. The molecule has 3 aromatic carbocycles. The molecule has 0 aliphatic heterocycles. The molecule has 0 fully saturated rings. The molecule has 0 spiro atoms. The number of carbonyl (C=O) groups is 1. The summed E-state index contributed by atoms with van der Waals surface area (Å²) in [5, 5.41) is 50.2. The Morgan fingerprint density at radius 2 is 0.745 bits per heavy atom. The van der Waals surface area contributed by atoms with Crippen LogP contribution in [0, 0.1) is 6.92 Å². The summed E-state index contributed by atoms with van der Waals surface area (Å²) in [4.78, 5) is 24.3. The van der Waals surface area contributed by atoms with E-state index in [2.05, 4.69) is 76.1 Å². The Bertz CT molecular complexity index is 2160. The maximum absolute atomic E-state index is 11.0. The first kappa shape index (κ1) is 28.7. The van der Waals surface area contributed by atoms with Gasteiger partial charge in [-0.25, -0.2) is 15.0 Å². The average molecular weight is 622 g/mol. The molecule has 0 N–H and O–H groups in total. The largest absolute Gasteiger partial charge is 0.497 e. The van der Waals surface area contributed by atoms with Crippen LogP contribution in [-0.2, 0) is 0 Å². The first-order valence-electron chi connectivity index (χ1n) is 13.8. The van der Waals surface area contributed by atoms with Gasteiger partial charge in [-0.3, -0.25) is 4.79 Å². The third kappa shape index (κ3) is 6.16. The zero-order chi connectivity index (χ0) is 32.2. The molecule has 0 saturated heterocycles. The minimum absolute atomic E-state index is 0.00524. The second-order valence-corrected chi connectivity index (χ2v) is 9.78. The molecule has 0 amide bonds. The second kappa shape index (κ2) is 12.5. The third-order valence-electron chi connectivity index (χ3n) is 6.64. The van der Waals surface area contributed by atoms with Crippen molar-refractivity contribution in [3.63, 3.8) is 0 Å². The third-order valence-corrected chi connectivity index (χ3v) is 6.64. The fourth-order valence-corrected chi connectivity index (χ4v) is 4.13. The Balaban J connectivity index is 1.26. The fourth-order valence-electron chi connectivity index (χ4n) is 4.13. The van der Waals surface area contributed by atoms with Gasteiger partial charge in [0, 0.05) is 22.3 Å². The summed E-state index contributed by atoms with van der Waals surface area (Å²) >= 11 is 0. The van der Waals surface area contributed by atoms with E-state index in [1.54, 1.807) is 55.6 Å². The van der Waals surface area contributed by atoms with Crippen LogP contribution in [0.3, 0.4) is 0 Å². The molecule has 0 saturated carbocycles. The number of aldehydes is 1. The summed E-state index contributed by atoms with van der Waals surface area (Å²) in [6.45, 7) is 1.98. The van der Waals surface area contributed by atoms with Crippen LogP contribution in [0.2, 0.25) is 0 Å². The van der Waals surface area contributed by atoms with E-state index in [9.17, 15) is 4.79 Å². The van der Waals surface area contributed by atoms with Gasteiger partial charge in [-0.15, -0.1) is 61.2 Å². The van der Waals surface area contributed by atoms with E-state index in [0.29, 0.717) is 28.3 Å². The Labute approximate surface area is 264 Å². The number of hydrogen-bond acceptors (Lipinski definition) is 17. The van der Waals surface area contributed by atoms with Crippen molar-refractivity contribution >= 4 is 6.29 Å². The number of rotatable bonds is 8. The molecule has 0 bridgehead atoms. The molecular weight excluding hydrogens is 602 g/mol. The van der Waals surface area contributed by atoms with E-state index in [0.717, 1.165) is 17.4 Å². The molecule has 4 heterocycles. The number of ether oxygens (including phenoxy) is 1. The highest BCUT2D eigenvalue weighted by atomic mass is 16.5. The molecule has 226 valence electrons. The van der Waals surface area contributed by atoms with Crippen LogP contribution < -0.4 is 4.74 Å². The van der Waals surface area contributed by atoms with Gasteiger partial charge in [0.1, 0.15) is 12.0 Å². The van der Waals surface area contributed by atoms with Gasteiger partial charge in [0.15, 0.2) is 0 Å². The molecule has 4 aromatic heterocycles. The predicted molar refractivity (Wildman–Crippen MR) is 163 cm³/mol. The Morgan fingerprint density at radius 1 is 0.426 bits per heavy atom. The molecule has 47 heavy (non-hydrogen) atoms. The predicted octanol–water partition coefficient (Wildman–Crippen LogP) is 2.74. The van der Waals surface area contributed by atoms with E-state index in [1.165, 1.54) is 0 Å². The van der Waals surface area contributed by atoms with Crippen molar-refractivity contribution in [2.24, 2.45) is 0 Å². The van der Waals surface area contributed by atoms with Crippen LogP contribution >= 0.6 is 0 Å². The van der Waals surface area contributed by atoms with Crippen LogP contribution in [0.25, 0.3) is 69.1 Å². The number of carbonyl (C=O) groups excluding carboxylic acids is 1. The summed E-state index contributed by atoms with van der Waals surface area (Å²) in [7, 11) is 1.58. The molecule has 0 radical (unpaired) electrons. The van der Waals surface area contributed by atoms with Gasteiger partial charge in [-0.05, 0) is 31.2 Å². The van der Waals surface area contributed by atoms with Crippen LogP contribution in [0.1, 0.15) is 15.9 Å². The van der Waals surface area contributed by atoms with Gasteiger partial charge in [-0.2, -0.15) is 0 Å². The first-order valence-corrected chi connectivity index (χ1v) is 13.8. The van der Waals surface area contributed by atoms with Gasteiger partial charge >= 0.3 is 0 Å². The van der Waals surface area contributed by atoms with Crippen molar-refractivity contribution in [1.82, 2.24) is 76.1 Å². The molecule has 0 aliphatic carbocycles. The zero-order valence-electron chi connectivity index (χ0n) is 24.5. The summed E-state index contributed by atoms with van der Waals surface area (Å²) in [5.41, 5.74) is 3.64. The first-order chi connectivity index (χ1) is 23.1. The van der Waals surface area contributed by atoms with Crippen LogP contribution in [0.15, 0.2) is 72.8 Å². The van der Waals surface area contributed by atoms with Gasteiger partial charge < -0.3 is 4.74 Å². The zero-order valence-corrected chi connectivity index (χ0v) is 24.5. The summed E-state index contributed by atoms with van der Waals surface area (Å²) in [6.07, 6.45) is 0.742. The van der Waals surface area contributed by atoms with Crippen molar-refractivity contribution in [2.75, 3.05) is 7.11 Å². The number of benzene rings is 3. The monoisotopic (exact) mass is 621 g/mol. The Kier molecular flexibility index (Phi) is 7.65. The lowest BCUT2D eigenvalue weighted by Gasteiger charge is -2.05. The standard InChI is InChI=1S/C30H19N15O2/c1-16-3-7-18(8-4-16)22-34-40-28(41-35-22)25-31-26(29-42-36-23(37-43-29)19-9-5-17(15-46)6-10-19)33-27(32-25)30-44-38-24(39-45-30)20-11-13-21(47-2)14-12-20/h3-15H,1-2H3. The van der Waals surface area contributed by atoms with Crippen molar-refractivity contribution < 1.29 is 9.53 Å². The molecule has 0 unspecified atom stereocenters. The van der Waals surface area contributed by atoms with Crippen LogP contribution in [-0.4, -0.2) is 89.5 Å². The van der Waals surface area contributed by atoms with E-state index < -0.39 is 0 Å². The summed E-state index contributed by atoms with van der Waals surface area (Å²) < 4.78 is 5.20. The van der Waals surface area contributed by atoms with E-state index in [1.807, 2.05) is 31.2 Å². The highest BCUT2D eigenvalue weighted by Gasteiger charge is 2.20. The van der Waals surface area contributed by atoms with Gasteiger partial charge in [0.25, 0.3) is 0 Å². The van der Waals surface area contributed by atoms with Crippen molar-refractivity contribution in [3.05, 3.63) is 83.9 Å². The van der Waals surface area contributed by atoms with E-state index >= 15 is 0 Å². The number of aryl methyl sites for hydroxylation is 1. The van der Waals surface area contributed by atoms with Crippen molar-refractivity contribution in [1.29, 1.82) is 0 Å². The molecule has 17 heteroatoms. The van der Waals surface area contributed by atoms with Gasteiger partial charge in [0.2, 0.25) is 52.4 Å². The Hall–Kier alpha value is -7.04. The lowest BCUT2D eigenvalue weighted by atomic mass is 10.1. The topological polar surface area (TPSA) is 220 Å². The lowest BCUT2D eigenvalue weighted by Crippen LogP contribution is -2.09. The van der Waals surface area contributed by atoms with Gasteiger partial charge in [0.05, 0.1) is 7.11 Å². The molecule has 0 atom stereocenters. The quantitative estimate of drug-likeness (QED) is 0.223. The minimum atomic E-state index is -0.0314. The molecule has 7 rings (SSSR count). The molecule has 7 aromatic rings. The number of hydrogen-bond donors (Lipinski definition) is 0. The number of nitrogens with zero attached hydrogens (tertiary/aromatic N) is 15. The fraction of sp³-hybridized carbons (Fsp3) is 0.0667. The van der Waals surface area contributed by atoms with Crippen molar-refractivity contribution in [3.8, 4) is 74.9 Å². The average Bonchev–Trinajstić information content (AvgIpc) is 3.15. The van der Waals surface area contributed by atoms with Crippen molar-refractivity contribution in [2.45, 2.75) is 6.92 Å². The van der Waals surface area contributed by atoms with E-state index in [-0.39, 0.29) is 46.6 Å².